The molecule has 0 atom stereocenters. The SMILES string of the molecule is COc1ccccc1CN(C)Cc1cc(F)ccc1CN. The van der Waals surface area contributed by atoms with Gasteiger partial charge in [0, 0.05) is 25.2 Å². The summed E-state index contributed by atoms with van der Waals surface area (Å²) in [5, 5.41) is 0. The van der Waals surface area contributed by atoms with Crippen LogP contribution in [-0.2, 0) is 19.6 Å². The van der Waals surface area contributed by atoms with Crippen molar-refractivity contribution in [3.63, 3.8) is 0 Å². The van der Waals surface area contributed by atoms with Crippen LogP contribution < -0.4 is 10.5 Å². The maximum Gasteiger partial charge on any atom is 0.123 e. The van der Waals surface area contributed by atoms with E-state index >= 15 is 0 Å². The van der Waals surface area contributed by atoms with Crippen LogP contribution in [0.4, 0.5) is 4.39 Å². The Balaban J connectivity index is 2.11. The fourth-order valence-electron chi connectivity index (χ4n) is 2.41. The molecular weight excluding hydrogens is 267 g/mol. The molecule has 0 aromatic heterocycles. The summed E-state index contributed by atoms with van der Waals surface area (Å²) in [4.78, 5) is 2.12. The van der Waals surface area contributed by atoms with Crippen molar-refractivity contribution in [2.45, 2.75) is 19.6 Å². The van der Waals surface area contributed by atoms with Gasteiger partial charge in [0.15, 0.2) is 0 Å². The highest BCUT2D eigenvalue weighted by atomic mass is 19.1. The Morgan fingerprint density at radius 2 is 1.76 bits per heavy atom. The second-order valence-electron chi connectivity index (χ2n) is 5.10. The molecule has 4 heteroatoms. The zero-order valence-electron chi connectivity index (χ0n) is 12.5. The number of nitrogens with two attached hydrogens (primary N) is 1. The van der Waals surface area contributed by atoms with Crippen molar-refractivity contribution in [3.05, 3.63) is 65.0 Å². The maximum atomic E-state index is 13.4. The van der Waals surface area contributed by atoms with Gasteiger partial charge < -0.3 is 10.5 Å². The molecule has 2 rings (SSSR count). The van der Waals surface area contributed by atoms with E-state index < -0.39 is 0 Å². The molecule has 0 heterocycles. The summed E-state index contributed by atoms with van der Waals surface area (Å²) >= 11 is 0. The first-order valence-corrected chi connectivity index (χ1v) is 6.92. The van der Waals surface area contributed by atoms with Crippen molar-refractivity contribution < 1.29 is 9.13 Å². The van der Waals surface area contributed by atoms with Gasteiger partial charge in [0.25, 0.3) is 0 Å². The van der Waals surface area contributed by atoms with Crippen molar-refractivity contribution in [2.75, 3.05) is 14.2 Å². The molecule has 2 N–H and O–H groups in total. The van der Waals surface area contributed by atoms with E-state index in [-0.39, 0.29) is 5.82 Å². The van der Waals surface area contributed by atoms with Crippen molar-refractivity contribution in [1.29, 1.82) is 0 Å². The number of hydrogen-bond acceptors (Lipinski definition) is 3. The van der Waals surface area contributed by atoms with Gasteiger partial charge in [0.1, 0.15) is 11.6 Å². The monoisotopic (exact) mass is 288 g/mol. The fraction of sp³-hybridized carbons (Fsp3) is 0.294. The average Bonchev–Trinajstić information content (AvgIpc) is 2.48. The van der Waals surface area contributed by atoms with Crippen molar-refractivity contribution in [1.82, 2.24) is 4.90 Å². The largest absolute Gasteiger partial charge is 0.496 e. The van der Waals surface area contributed by atoms with Gasteiger partial charge in [0.05, 0.1) is 7.11 Å². The lowest BCUT2D eigenvalue weighted by Crippen LogP contribution is -2.19. The van der Waals surface area contributed by atoms with Crippen LogP contribution in [0.3, 0.4) is 0 Å². The van der Waals surface area contributed by atoms with Gasteiger partial charge in [-0.05, 0) is 36.4 Å². The van der Waals surface area contributed by atoms with Crippen LogP contribution in [0.5, 0.6) is 5.75 Å². The molecule has 0 fully saturated rings. The lowest BCUT2D eigenvalue weighted by molar-refractivity contribution is 0.309. The lowest BCUT2D eigenvalue weighted by Gasteiger charge is -2.20. The van der Waals surface area contributed by atoms with E-state index in [1.807, 2.05) is 31.3 Å². The van der Waals surface area contributed by atoms with Gasteiger partial charge in [-0.15, -0.1) is 0 Å². The molecule has 3 nitrogen and oxygen atoms in total. The van der Waals surface area contributed by atoms with Crippen LogP contribution in [0.2, 0.25) is 0 Å². The predicted molar refractivity (Wildman–Crippen MR) is 82.5 cm³/mol. The molecule has 0 bridgehead atoms. The summed E-state index contributed by atoms with van der Waals surface area (Å²) in [6.07, 6.45) is 0. The number of methoxy groups -OCH3 is 1. The Kier molecular flexibility index (Phi) is 5.31. The zero-order chi connectivity index (χ0) is 15.2. The van der Waals surface area contributed by atoms with Gasteiger partial charge in [-0.2, -0.15) is 0 Å². The molecule has 0 saturated heterocycles. The molecule has 2 aromatic carbocycles. The number of halogens is 1. The number of hydrogen-bond donors (Lipinski definition) is 1. The first kappa shape index (κ1) is 15.5. The van der Waals surface area contributed by atoms with Gasteiger partial charge in [0.2, 0.25) is 0 Å². The van der Waals surface area contributed by atoms with E-state index in [1.165, 1.54) is 6.07 Å². The van der Waals surface area contributed by atoms with E-state index in [2.05, 4.69) is 4.90 Å². The van der Waals surface area contributed by atoms with Gasteiger partial charge >= 0.3 is 0 Å². The second-order valence-corrected chi connectivity index (χ2v) is 5.10. The van der Waals surface area contributed by atoms with Crippen LogP contribution in [0.25, 0.3) is 0 Å². The lowest BCUT2D eigenvalue weighted by atomic mass is 10.1. The normalized spacial score (nSPS) is 10.9. The van der Waals surface area contributed by atoms with E-state index in [1.54, 1.807) is 19.2 Å². The standard InChI is InChI=1S/C17H21FN2O/c1-20(11-14-5-3-4-6-17(14)21-2)12-15-9-16(18)8-7-13(15)10-19/h3-9H,10-12,19H2,1-2H3. The number of rotatable bonds is 6. The molecule has 112 valence electrons. The van der Waals surface area contributed by atoms with Crippen molar-refractivity contribution in [2.24, 2.45) is 5.73 Å². The molecule has 0 saturated carbocycles. The Morgan fingerprint density at radius 1 is 1.05 bits per heavy atom. The molecule has 0 aliphatic rings. The van der Waals surface area contributed by atoms with Crippen molar-refractivity contribution in [3.8, 4) is 5.75 Å². The van der Waals surface area contributed by atoms with Gasteiger partial charge in [-0.3, -0.25) is 4.90 Å². The Bertz CT molecular complexity index is 601. The van der Waals surface area contributed by atoms with Gasteiger partial charge in [-0.25, -0.2) is 4.39 Å². The Morgan fingerprint density at radius 3 is 2.48 bits per heavy atom. The number of ether oxygens (including phenoxy) is 1. The summed E-state index contributed by atoms with van der Waals surface area (Å²) in [7, 11) is 3.66. The van der Waals surface area contributed by atoms with Crippen LogP contribution in [0.15, 0.2) is 42.5 Å². The molecule has 2 aromatic rings. The average molecular weight is 288 g/mol. The van der Waals surface area contributed by atoms with E-state index in [4.69, 9.17) is 10.5 Å². The number of para-hydroxylation sites is 1. The molecule has 21 heavy (non-hydrogen) atoms. The molecule has 0 aliphatic carbocycles. The highest BCUT2D eigenvalue weighted by molar-refractivity contribution is 5.33. The second kappa shape index (κ2) is 7.20. The van der Waals surface area contributed by atoms with E-state index in [0.29, 0.717) is 13.1 Å². The maximum absolute atomic E-state index is 13.4. The molecule has 0 spiro atoms. The Hall–Kier alpha value is -1.91. The third-order valence-electron chi connectivity index (χ3n) is 3.46. The molecular formula is C17H21FN2O. The highest BCUT2D eigenvalue weighted by Crippen LogP contribution is 2.20. The quantitative estimate of drug-likeness (QED) is 0.888. The Labute approximate surface area is 125 Å². The van der Waals surface area contributed by atoms with Gasteiger partial charge in [-0.1, -0.05) is 24.3 Å². The number of nitrogens with zero attached hydrogens (tertiary/aromatic N) is 1. The summed E-state index contributed by atoms with van der Waals surface area (Å²) < 4.78 is 18.8. The smallest absolute Gasteiger partial charge is 0.123 e. The van der Waals surface area contributed by atoms with Crippen LogP contribution in [0.1, 0.15) is 16.7 Å². The zero-order valence-corrected chi connectivity index (χ0v) is 12.5. The molecule has 0 aliphatic heterocycles. The summed E-state index contributed by atoms with van der Waals surface area (Å²) in [6.45, 7) is 1.78. The summed E-state index contributed by atoms with van der Waals surface area (Å²) in [5.74, 6) is 0.635. The molecule has 0 amide bonds. The van der Waals surface area contributed by atoms with E-state index in [9.17, 15) is 4.39 Å². The topological polar surface area (TPSA) is 38.5 Å². The third kappa shape index (κ3) is 4.03. The summed E-state index contributed by atoms with van der Waals surface area (Å²) in [6, 6.07) is 12.7. The van der Waals surface area contributed by atoms with Crippen LogP contribution in [-0.4, -0.2) is 19.1 Å². The minimum Gasteiger partial charge on any atom is -0.496 e. The van der Waals surface area contributed by atoms with E-state index in [0.717, 1.165) is 29.0 Å². The van der Waals surface area contributed by atoms with Crippen LogP contribution >= 0.6 is 0 Å². The first-order valence-electron chi connectivity index (χ1n) is 6.92. The first-order chi connectivity index (χ1) is 10.1. The number of benzene rings is 2. The predicted octanol–water partition coefficient (Wildman–Crippen LogP) is 2.93. The molecule has 0 unspecified atom stereocenters. The third-order valence-corrected chi connectivity index (χ3v) is 3.46. The van der Waals surface area contributed by atoms with Crippen LogP contribution in [0, 0.1) is 5.82 Å². The highest BCUT2D eigenvalue weighted by Gasteiger charge is 2.09. The minimum absolute atomic E-state index is 0.229. The fourth-order valence-corrected chi connectivity index (χ4v) is 2.41. The minimum atomic E-state index is -0.229. The summed E-state index contributed by atoms with van der Waals surface area (Å²) in [5.41, 5.74) is 8.72. The molecule has 0 radical (unpaired) electrons. The van der Waals surface area contributed by atoms with Crippen molar-refractivity contribution >= 4 is 0 Å².